The molecular formula is C36H52FN5O3. The number of benzene rings is 2. The summed E-state index contributed by atoms with van der Waals surface area (Å²) < 4.78 is 24.9. The number of nitrogens with one attached hydrogen (secondary N) is 1. The predicted octanol–water partition coefficient (Wildman–Crippen LogP) is 6.55. The second kappa shape index (κ2) is 15.7. The fourth-order valence-electron chi connectivity index (χ4n) is 6.42. The number of rotatable bonds is 9. The van der Waals surface area contributed by atoms with Crippen LogP contribution in [0.15, 0.2) is 65.9 Å². The molecule has 3 N–H and O–H groups in total. The highest BCUT2D eigenvalue weighted by atomic mass is 19.1. The van der Waals surface area contributed by atoms with Crippen molar-refractivity contribution in [1.82, 2.24) is 10.2 Å². The molecule has 2 aliphatic heterocycles. The Hall–Kier alpha value is -3.43. The monoisotopic (exact) mass is 621 g/mol. The summed E-state index contributed by atoms with van der Waals surface area (Å²) in [5, 5.41) is 3.55. The van der Waals surface area contributed by atoms with Gasteiger partial charge >= 0.3 is 0 Å². The van der Waals surface area contributed by atoms with E-state index in [1.807, 2.05) is 32.9 Å². The Morgan fingerprint density at radius 2 is 1.84 bits per heavy atom. The highest BCUT2D eigenvalue weighted by molar-refractivity contribution is 6.01. The third-order valence-corrected chi connectivity index (χ3v) is 8.65. The number of nitrogens with zero attached hydrogens (tertiary/aromatic N) is 3. The smallest absolute Gasteiger partial charge is 0.293 e. The van der Waals surface area contributed by atoms with Gasteiger partial charge in [-0.15, -0.1) is 0 Å². The van der Waals surface area contributed by atoms with Gasteiger partial charge in [-0.05, 0) is 102 Å². The van der Waals surface area contributed by atoms with Crippen LogP contribution < -0.4 is 20.7 Å². The fraction of sp³-hybridized carbons (Fsp3) is 0.556. The second-order valence-corrected chi connectivity index (χ2v) is 13.4. The van der Waals surface area contributed by atoms with E-state index in [1.54, 1.807) is 12.1 Å². The molecule has 2 aromatic rings. The van der Waals surface area contributed by atoms with E-state index in [9.17, 15) is 9.18 Å². The van der Waals surface area contributed by atoms with Crippen LogP contribution in [0, 0.1) is 5.82 Å². The maximum Gasteiger partial charge on any atom is 0.293 e. The third-order valence-electron chi connectivity index (χ3n) is 8.65. The summed E-state index contributed by atoms with van der Waals surface area (Å²) in [5.74, 6) is 2.47. The number of halogens is 1. The summed E-state index contributed by atoms with van der Waals surface area (Å²) in [4.78, 5) is 19.6. The number of piperidine rings is 1. The number of amidine groups is 1. The lowest BCUT2D eigenvalue weighted by atomic mass is 9.84. The topological polar surface area (TPSA) is 92.4 Å². The molecule has 0 amide bonds. The average Bonchev–Trinajstić information content (AvgIpc) is 3.24. The van der Waals surface area contributed by atoms with Crippen molar-refractivity contribution >= 4 is 18.0 Å². The highest BCUT2D eigenvalue weighted by Gasteiger charge is 2.50. The molecule has 45 heavy (non-hydrogen) atoms. The van der Waals surface area contributed by atoms with E-state index >= 15 is 0 Å². The molecule has 3 aliphatic rings. The van der Waals surface area contributed by atoms with E-state index in [1.165, 1.54) is 30.9 Å². The number of likely N-dealkylation sites (tertiary alicyclic amines) is 1. The van der Waals surface area contributed by atoms with Crippen molar-refractivity contribution in [3.05, 3.63) is 72.3 Å². The summed E-state index contributed by atoms with van der Waals surface area (Å²) in [7, 11) is 0. The maximum atomic E-state index is 14.3. The molecule has 246 valence electrons. The number of anilines is 1. The van der Waals surface area contributed by atoms with Crippen molar-refractivity contribution in [3.63, 3.8) is 0 Å². The van der Waals surface area contributed by atoms with E-state index < -0.39 is 0 Å². The van der Waals surface area contributed by atoms with Crippen LogP contribution in [-0.4, -0.2) is 60.1 Å². The molecule has 0 radical (unpaired) electrons. The molecule has 3 fully saturated rings. The van der Waals surface area contributed by atoms with Gasteiger partial charge in [0.15, 0.2) is 0 Å². The van der Waals surface area contributed by atoms with Gasteiger partial charge in [-0.25, -0.2) is 4.39 Å². The Morgan fingerprint density at radius 3 is 2.47 bits per heavy atom. The Labute approximate surface area is 268 Å². The normalized spacial score (nSPS) is 20.4. The van der Waals surface area contributed by atoms with Crippen LogP contribution in [0.3, 0.4) is 0 Å². The van der Waals surface area contributed by atoms with Gasteiger partial charge in [-0.3, -0.25) is 14.7 Å². The van der Waals surface area contributed by atoms with Crippen molar-refractivity contribution in [1.29, 1.82) is 0 Å². The minimum Gasteiger partial charge on any atom is -0.491 e. The highest BCUT2D eigenvalue weighted by Crippen LogP contribution is 2.41. The van der Waals surface area contributed by atoms with Gasteiger partial charge in [-0.2, -0.15) is 0 Å². The number of aliphatic imine (C=N–C) groups is 1. The number of carbonyl (C=O) groups is 1. The number of ether oxygens (including phenoxy) is 2. The summed E-state index contributed by atoms with van der Waals surface area (Å²) in [5.41, 5.74) is 7.11. The van der Waals surface area contributed by atoms with Crippen LogP contribution >= 0.6 is 0 Å². The Balaban J connectivity index is 0.000000591. The van der Waals surface area contributed by atoms with Crippen molar-refractivity contribution in [2.24, 2.45) is 10.7 Å². The van der Waals surface area contributed by atoms with Gasteiger partial charge in [-0.1, -0.05) is 44.0 Å². The number of carbonyl (C=O) groups excluding carboxylic acids is 1. The minimum atomic E-state index is -0.332. The van der Waals surface area contributed by atoms with Crippen LogP contribution in [0.5, 0.6) is 5.75 Å². The van der Waals surface area contributed by atoms with Crippen LogP contribution in [0.25, 0.3) is 0 Å². The standard InChI is InChI=1S/C31H42FN5O.C5H10O2/c1-23(14-17-33)38-29-13-6-8-25(20-29)22-36-18-15-31(16-19-36)30(35-27-10-4-3-5-11-27)34-24(2)37(31)28-12-7-9-26(32)21-28;1-5(2,3)7-4-6/h6-9,12-13,20-21,23,27H,2-5,10-11,14-19,22,33H2,1H3,(H,34,35);4H,1-3H3. The zero-order valence-electron chi connectivity index (χ0n) is 27.6. The Morgan fingerprint density at radius 1 is 1.13 bits per heavy atom. The Bertz CT molecular complexity index is 1300. The SMILES string of the molecule is C=C1NC(=NC2CCCCC2)C2(CCN(Cc3cccc(OC(C)CCN)c3)CC2)N1c1cccc(F)c1.CC(C)(C)OC=O. The largest absolute Gasteiger partial charge is 0.491 e. The molecule has 0 aromatic heterocycles. The first kappa shape index (κ1) is 34.4. The van der Waals surface area contributed by atoms with Gasteiger partial charge in [0, 0.05) is 25.3 Å². The molecule has 2 saturated heterocycles. The first-order valence-electron chi connectivity index (χ1n) is 16.4. The van der Waals surface area contributed by atoms with Crippen LogP contribution in [0.4, 0.5) is 10.1 Å². The predicted molar refractivity (Wildman–Crippen MR) is 180 cm³/mol. The van der Waals surface area contributed by atoms with Gasteiger partial charge in [0.1, 0.15) is 34.4 Å². The van der Waals surface area contributed by atoms with Crippen molar-refractivity contribution in [3.8, 4) is 5.75 Å². The van der Waals surface area contributed by atoms with E-state index in [0.717, 1.165) is 74.8 Å². The molecule has 5 rings (SSSR count). The second-order valence-electron chi connectivity index (χ2n) is 13.4. The lowest BCUT2D eigenvalue weighted by Gasteiger charge is -2.45. The molecule has 1 unspecified atom stereocenters. The molecule has 1 aliphatic carbocycles. The van der Waals surface area contributed by atoms with Gasteiger partial charge in [0.05, 0.1) is 12.1 Å². The molecular weight excluding hydrogens is 569 g/mol. The van der Waals surface area contributed by atoms with Crippen molar-refractivity contribution in [2.75, 3.05) is 24.5 Å². The molecule has 2 heterocycles. The average molecular weight is 622 g/mol. The van der Waals surface area contributed by atoms with E-state index in [0.29, 0.717) is 19.1 Å². The summed E-state index contributed by atoms with van der Waals surface area (Å²) >= 11 is 0. The molecule has 1 spiro atoms. The van der Waals surface area contributed by atoms with Crippen molar-refractivity contribution < 1.29 is 18.7 Å². The van der Waals surface area contributed by atoms with Crippen molar-refractivity contribution in [2.45, 2.75) is 109 Å². The summed E-state index contributed by atoms with van der Waals surface area (Å²) in [6.07, 6.45) is 8.79. The zero-order chi connectivity index (χ0) is 32.5. The summed E-state index contributed by atoms with van der Waals surface area (Å²) in [6, 6.07) is 15.6. The lowest BCUT2D eigenvalue weighted by molar-refractivity contribution is -0.138. The minimum absolute atomic E-state index is 0.101. The quantitative estimate of drug-likeness (QED) is 0.307. The fourth-order valence-corrected chi connectivity index (χ4v) is 6.42. The molecule has 1 saturated carbocycles. The zero-order valence-corrected chi connectivity index (χ0v) is 27.6. The molecule has 0 bridgehead atoms. The number of nitrogens with two attached hydrogens (primary N) is 1. The first-order chi connectivity index (χ1) is 21.5. The van der Waals surface area contributed by atoms with E-state index in [4.69, 9.17) is 15.5 Å². The third kappa shape index (κ3) is 9.53. The van der Waals surface area contributed by atoms with Gasteiger partial charge in [0.2, 0.25) is 0 Å². The summed E-state index contributed by atoms with van der Waals surface area (Å²) in [6.45, 7) is 15.6. The van der Waals surface area contributed by atoms with Crippen LogP contribution in [-0.2, 0) is 16.1 Å². The van der Waals surface area contributed by atoms with E-state index in [2.05, 4.69) is 51.6 Å². The molecule has 9 heteroatoms. The first-order valence-corrected chi connectivity index (χ1v) is 16.4. The van der Waals surface area contributed by atoms with E-state index in [-0.39, 0.29) is 23.1 Å². The van der Waals surface area contributed by atoms with Crippen LogP contribution in [0.1, 0.15) is 84.6 Å². The number of hydrogen-bond acceptors (Lipinski definition) is 7. The number of hydrogen-bond donors (Lipinski definition) is 2. The van der Waals surface area contributed by atoms with Gasteiger partial charge in [0.25, 0.3) is 6.47 Å². The Kier molecular flexibility index (Phi) is 12.0. The lowest BCUT2D eigenvalue weighted by Crippen LogP contribution is -2.56. The molecule has 2 aromatic carbocycles. The molecule has 8 nitrogen and oxygen atoms in total. The van der Waals surface area contributed by atoms with Crippen LogP contribution in [0.2, 0.25) is 0 Å². The maximum absolute atomic E-state index is 14.3. The molecule has 1 atom stereocenters. The van der Waals surface area contributed by atoms with Gasteiger partial charge < -0.3 is 25.4 Å².